The Balaban J connectivity index is 1.87. The lowest BCUT2D eigenvalue weighted by Gasteiger charge is -2.26. The SMILES string of the molecule is CC(C1=CCCC=C1)c1cc(C(C)c2ccccc2)cc(C(C)c2ccccc2)c1OI. The Bertz CT molecular complexity index is 1100. The number of hydrogen-bond acceptors (Lipinski definition) is 1. The minimum atomic E-state index is 0.241. The van der Waals surface area contributed by atoms with Gasteiger partial charge in [-0.15, -0.1) is 0 Å². The molecule has 0 saturated heterocycles. The minimum absolute atomic E-state index is 0.241. The monoisotopic (exact) mass is 534 g/mol. The molecular formula is C30H31IO. The van der Waals surface area contributed by atoms with Gasteiger partial charge in [0.2, 0.25) is 0 Å². The van der Waals surface area contributed by atoms with E-state index in [1.807, 2.05) is 0 Å². The van der Waals surface area contributed by atoms with E-state index in [0.29, 0.717) is 5.92 Å². The molecule has 3 atom stereocenters. The summed E-state index contributed by atoms with van der Waals surface area (Å²) >= 11 is 2.06. The molecule has 3 aromatic carbocycles. The highest BCUT2D eigenvalue weighted by Gasteiger charge is 2.25. The van der Waals surface area contributed by atoms with Gasteiger partial charge in [0.1, 0.15) is 5.75 Å². The van der Waals surface area contributed by atoms with Crippen LogP contribution in [0.25, 0.3) is 0 Å². The van der Waals surface area contributed by atoms with Crippen molar-refractivity contribution < 1.29 is 3.07 Å². The molecule has 2 heteroatoms. The van der Waals surface area contributed by atoms with Crippen LogP contribution in [0.15, 0.2) is 96.6 Å². The summed E-state index contributed by atoms with van der Waals surface area (Å²) in [5.41, 5.74) is 7.90. The van der Waals surface area contributed by atoms with E-state index in [1.54, 1.807) is 0 Å². The maximum atomic E-state index is 6.09. The average molecular weight is 534 g/mol. The molecule has 0 aliphatic heterocycles. The summed E-state index contributed by atoms with van der Waals surface area (Å²) < 4.78 is 6.09. The van der Waals surface area contributed by atoms with Gasteiger partial charge in [0, 0.05) is 28.9 Å². The minimum Gasteiger partial charge on any atom is -0.427 e. The highest BCUT2D eigenvalue weighted by atomic mass is 127. The molecular weight excluding hydrogens is 503 g/mol. The van der Waals surface area contributed by atoms with Crippen molar-refractivity contribution in [3.05, 3.63) is 124 Å². The zero-order valence-corrected chi connectivity index (χ0v) is 21.3. The van der Waals surface area contributed by atoms with Crippen LogP contribution < -0.4 is 3.07 Å². The first-order valence-corrected chi connectivity index (χ1v) is 12.4. The van der Waals surface area contributed by atoms with Gasteiger partial charge in [0.05, 0.1) is 0 Å². The zero-order valence-electron chi connectivity index (χ0n) is 19.1. The smallest absolute Gasteiger partial charge is 0.192 e. The fourth-order valence-corrected chi connectivity index (χ4v) is 5.18. The van der Waals surface area contributed by atoms with Gasteiger partial charge in [0.15, 0.2) is 23.0 Å². The molecule has 4 rings (SSSR count). The predicted octanol–water partition coefficient (Wildman–Crippen LogP) is 9.10. The molecule has 0 aromatic heterocycles. The first-order chi connectivity index (χ1) is 15.6. The summed E-state index contributed by atoms with van der Waals surface area (Å²) in [6.07, 6.45) is 9.21. The van der Waals surface area contributed by atoms with E-state index in [-0.39, 0.29) is 11.8 Å². The molecule has 0 saturated carbocycles. The van der Waals surface area contributed by atoms with Crippen molar-refractivity contribution in [1.82, 2.24) is 0 Å². The lowest BCUT2D eigenvalue weighted by atomic mass is 9.81. The van der Waals surface area contributed by atoms with Crippen LogP contribution in [0.3, 0.4) is 0 Å². The molecule has 1 aliphatic carbocycles. The van der Waals surface area contributed by atoms with Crippen molar-refractivity contribution in [1.29, 1.82) is 0 Å². The molecule has 164 valence electrons. The molecule has 0 N–H and O–H groups in total. The van der Waals surface area contributed by atoms with Crippen LogP contribution in [0.2, 0.25) is 0 Å². The van der Waals surface area contributed by atoms with E-state index in [9.17, 15) is 0 Å². The summed E-state index contributed by atoms with van der Waals surface area (Å²) in [7, 11) is 0. The normalized spacial score (nSPS) is 16.2. The van der Waals surface area contributed by atoms with Gasteiger partial charge >= 0.3 is 0 Å². The molecule has 0 amide bonds. The average Bonchev–Trinajstić information content (AvgIpc) is 2.88. The molecule has 0 spiro atoms. The van der Waals surface area contributed by atoms with Crippen LogP contribution in [0.4, 0.5) is 0 Å². The van der Waals surface area contributed by atoms with Crippen LogP contribution in [0.1, 0.15) is 79.2 Å². The second-order valence-electron chi connectivity index (χ2n) is 8.78. The van der Waals surface area contributed by atoms with Crippen molar-refractivity contribution in [3.8, 4) is 5.75 Å². The van der Waals surface area contributed by atoms with Gasteiger partial charge < -0.3 is 3.07 Å². The van der Waals surface area contributed by atoms with Crippen LogP contribution in [-0.4, -0.2) is 0 Å². The van der Waals surface area contributed by atoms with Crippen molar-refractivity contribution in [2.24, 2.45) is 0 Å². The third-order valence-corrected chi connectivity index (χ3v) is 7.24. The van der Waals surface area contributed by atoms with E-state index in [1.165, 1.54) is 33.4 Å². The number of halogens is 1. The second-order valence-corrected chi connectivity index (χ2v) is 9.22. The lowest BCUT2D eigenvalue weighted by Crippen LogP contribution is -2.08. The molecule has 1 nitrogen and oxygen atoms in total. The van der Waals surface area contributed by atoms with E-state index >= 15 is 0 Å². The maximum Gasteiger partial charge on any atom is 0.192 e. The van der Waals surface area contributed by atoms with Crippen LogP contribution in [0, 0.1) is 0 Å². The molecule has 3 aromatic rings. The Kier molecular flexibility index (Phi) is 7.51. The summed E-state index contributed by atoms with van der Waals surface area (Å²) in [4.78, 5) is 0. The van der Waals surface area contributed by atoms with Gasteiger partial charge in [-0.25, -0.2) is 0 Å². The van der Waals surface area contributed by atoms with Gasteiger partial charge in [-0.2, -0.15) is 0 Å². The van der Waals surface area contributed by atoms with Crippen molar-refractivity contribution in [2.75, 3.05) is 0 Å². The van der Waals surface area contributed by atoms with E-state index < -0.39 is 0 Å². The number of hydrogen-bond donors (Lipinski definition) is 0. The summed E-state index contributed by atoms with van der Waals surface area (Å²) in [6.45, 7) is 6.90. The van der Waals surface area contributed by atoms with Crippen LogP contribution >= 0.6 is 23.0 Å². The van der Waals surface area contributed by atoms with Gasteiger partial charge in [0.25, 0.3) is 0 Å². The van der Waals surface area contributed by atoms with E-state index in [4.69, 9.17) is 3.07 Å². The zero-order chi connectivity index (χ0) is 22.5. The third-order valence-electron chi connectivity index (χ3n) is 6.80. The summed E-state index contributed by atoms with van der Waals surface area (Å²) in [5, 5.41) is 0. The first kappa shape index (κ1) is 22.8. The fraction of sp³-hybridized carbons (Fsp3) is 0.267. The van der Waals surface area contributed by atoms with Gasteiger partial charge in [-0.1, -0.05) is 112 Å². The Morgan fingerprint density at radius 3 is 1.78 bits per heavy atom. The Hall–Kier alpha value is -2.33. The Labute approximate surface area is 206 Å². The van der Waals surface area contributed by atoms with E-state index in [2.05, 4.69) is 135 Å². The number of allylic oxidation sites excluding steroid dienone is 4. The van der Waals surface area contributed by atoms with Crippen molar-refractivity contribution in [3.63, 3.8) is 0 Å². The van der Waals surface area contributed by atoms with Gasteiger partial charge in [-0.05, 0) is 35.1 Å². The quantitative estimate of drug-likeness (QED) is 0.275. The summed E-state index contributed by atoms with van der Waals surface area (Å²) in [6, 6.07) is 26.3. The Morgan fingerprint density at radius 1 is 0.688 bits per heavy atom. The first-order valence-electron chi connectivity index (χ1n) is 11.5. The standard InChI is InChI=1S/C30H31IO/c1-21(24-13-7-4-8-14-24)27-19-28(22(2)25-15-9-5-10-16-25)30(32-31)29(20-27)23(3)26-17-11-6-12-18-26/h4-5,7-11,13-23H,6,12H2,1-3H3. The lowest BCUT2D eigenvalue weighted by molar-refractivity contribution is 0.664. The molecule has 32 heavy (non-hydrogen) atoms. The van der Waals surface area contributed by atoms with Gasteiger partial charge in [-0.3, -0.25) is 0 Å². The number of rotatable bonds is 7. The van der Waals surface area contributed by atoms with Crippen LogP contribution in [0.5, 0.6) is 5.75 Å². The topological polar surface area (TPSA) is 9.23 Å². The largest absolute Gasteiger partial charge is 0.427 e. The molecule has 0 fully saturated rings. The van der Waals surface area contributed by atoms with E-state index in [0.717, 1.165) is 18.6 Å². The van der Waals surface area contributed by atoms with Crippen molar-refractivity contribution in [2.45, 2.75) is 51.4 Å². The molecule has 3 unspecified atom stereocenters. The predicted molar refractivity (Wildman–Crippen MR) is 144 cm³/mol. The van der Waals surface area contributed by atoms with Crippen LogP contribution in [-0.2, 0) is 0 Å². The highest BCUT2D eigenvalue weighted by Crippen LogP contribution is 2.44. The van der Waals surface area contributed by atoms with Crippen molar-refractivity contribution >= 4 is 23.0 Å². The molecule has 1 aliphatic rings. The fourth-order valence-electron chi connectivity index (χ4n) is 4.67. The third kappa shape index (κ3) is 4.85. The molecule has 0 bridgehead atoms. The Morgan fingerprint density at radius 2 is 1.25 bits per heavy atom. The molecule has 0 heterocycles. The molecule has 0 radical (unpaired) electrons. The number of benzene rings is 3. The summed E-state index contributed by atoms with van der Waals surface area (Å²) in [5.74, 6) is 1.84. The second kappa shape index (κ2) is 10.5. The maximum absolute atomic E-state index is 6.09. The highest BCUT2D eigenvalue weighted by molar-refractivity contribution is 14.1.